The highest BCUT2D eigenvalue weighted by Crippen LogP contribution is 2.29. The Kier molecular flexibility index (Phi) is 3.82. The summed E-state index contributed by atoms with van der Waals surface area (Å²) in [6.45, 7) is 2.33. The van der Waals surface area contributed by atoms with Crippen molar-refractivity contribution in [1.29, 1.82) is 0 Å². The van der Waals surface area contributed by atoms with Crippen molar-refractivity contribution in [1.82, 2.24) is 15.5 Å². The van der Waals surface area contributed by atoms with Crippen molar-refractivity contribution in [3.05, 3.63) is 0 Å². The van der Waals surface area contributed by atoms with Crippen molar-refractivity contribution in [3.8, 4) is 0 Å². The Morgan fingerprint density at radius 1 is 1.53 bits per heavy atom. The Labute approximate surface area is 98.5 Å². The zero-order valence-corrected chi connectivity index (χ0v) is 10.7. The summed E-state index contributed by atoms with van der Waals surface area (Å²) in [7, 11) is 3.99. The van der Waals surface area contributed by atoms with Gasteiger partial charge in [-0.2, -0.15) is 0 Å². The third-order valence-electron chi connectivity index (χ3n) is 2.38. The van der Waals surface area contributed by atoms with Gasteiger partial charge >= 0.3 is 0 Å². The highest BCUT2D eigenvalue weighted by Gasteiger charge is 2.15. The molecule has 1 aromatic rings. The van der Waals surface area contributed by atoms with Gasteiger partial charge in [0.05, 0.1) is 0 Å². The molecule has 1 aromatic heterocycles. The topological polar surface area (TPSA) is 41.1 Å². The van der Waals surface area contributed by atoms with Crippen LogP contribution in [0.15, 0.2) is 4.34 Å². The van der Waals surface area contributed by atoms with Gasteiger partial charge in [-0.1, -0.05) is 23.1 Å². The second-order valence-electron chi connectivity index (χ2n) is 3.91. The van der Waals surface area contributed by atoms with E-state index < -0.39 is 0 Å². The molecule has 1 saturated heterocycles. The van der Waals surface area contributed by atoms with Gasteiger partial charge in [-0.3, -0.25) is 0 Å². The summed E-state index contributed by atoms with van der Waals surface area (Å²) in [6.07, 6.45) is 1.30. The van der Waals surface area contributed by atoms with Crippen molar-refractivity contribution < 1.29 is 0 Å². The normalized spacial score (nSPS) is 20.8. The van der Waals surface area contributed by atoms with Crippen LogP contribution in [0.5, 0.6) is 0 Å². The van der Waals surface area contributed by atoms with Crippen LogP contribution in [0, 0.1) is 5.92 Å². The Morgan fingerprint density at radius 2 is 2.40 bits per heavy atom. The zero-order valence-electron chi connectivity index (χ0n) is 9.06. The van der Waals surface area contributed by atoms with Crippen molar-refractivity contribution in [2.75, 3.05) is 37.8 Å². The number of hydrogen-bond acceptors (Lipinski definition) is 6. The second kappa shape index (κ2) is 5.14. The molecule has 15 heavy (non-hydrogen) atoms. The molecule has 0 aromatic carbocycles. The van der Waals surface area contributed by atoms with Crippen molar-refractivity contribution in [3.63, 3.8) is 0 Å². The van der Waals surface area contributed by atoms with Gasteiger partial charge in [0.25, 0.3) is 0 Å². The van der Waals surface area contributed by atoms with Gasteiger partial charge in [-0.15, -0.1) is 10.2 Å². The molecule has 1 aliphatic rings. The smallest absolute Gasteiger partial charge is 0.208 e. The SMILES string of the molecule is CN(C)c1nnc(SCC2CCNC2)s1. The molecule has 1 atom stereocenters. The minimum Gasteiger partial charge on any atom is -0.353 e. The van der Waals surface area contributed by atoms with Gasteiger partial charge in [0, 0.05) is 19.8 Å². The summed E-state index contributed by atoms with van der Waals surface area (Å²) in [5.41, 5.74) is 0. The summed E-state index contributed by atoms with van der Waals surface area (Å²) in [5, 5.41) is 12.7. The average Bonchev–Trinajstić information content (AvgIpc) is 2.86. The Hall–Kier alpha value is -0.330. The Bertz CT molecular complexity index is 307. The van der Waals surface area contributed by atoms with Gasteiger partial charge < -0.3 is 10.2 Å². The van der Waals surface area contributed by atoms with E-state index >= 15 is 0 Å². The van der Waals surface area contributed by atoms with Crippen LogP contribution in [0.25, 0.3) is 0 Å². The van der Waals surface area contributed by atoms with Crippen LogP contribution < -0.4 is 10.2 Å². The highest BCUT2D eigenvalue weighted by molar-refractivity contribution is 8.01. The van der Waals surface area contributed by atoms with E-state index in [1.165, 1.54) is 13.0 Å². The Balaban J connectivity index is 1.82. The van der Waals surface area contributed by atoms with Gasteiger partial charge in [0.2, 0.25) is 5.13 Å². The van der Waals surface area contributed by atoms with Crippen LogP contribution in [0.3, 0.4) is 0 Å². The van der Waals surface area contributed by atoms with Crippen LogP contribution in [0.4, 0.5) is 5.13 Å². The van der Waals surface area contributed by atoms with E-state index in [2.05, 4.69) is 15.5 Å². The third-order valence-corrected chi connectivity index (χ3v) is 4.84. The first-order chi connectivity index (χ1) is 7.25. The molecule has 2 rings (SSSR count). The number of nitrogens with zero attached hydrogens (tertiary/aromatic N) is 3. The number of rotatable bonds is 4. The summed E-state index contributed by atoms with van der Waals surface area (Å²) in [5.74, 6) is 1.97. The second-order valence-corrected chi connectivity index (χ2v) is 6.14. The number of thioether (sulfide) groups is 1. The average molecular weight is 244 g/mol. The quantitative estimate of drug-likeness (QED) is 0.809. The molecule has 1 fully saturated rings. The van der Waals surface area contributed by atoms with Gasteiger partial charge in [0.15, 0.2) is 4.34 Å². The van der Waals surface area contributed by atoms with Gasteiger partial charge in [-0.25, -0.2) is 0 Å². The first-order valence-corrected chi connectivity index (χ1v) is 6.90. The molecule has 1 aliphatic heterocycles. The molecule has 0 aliphatic carbocycles. The predicted octanol–water partition coefficient (Wildman–Crippen LogP) is 1.31. The largest absolute Gasteiger partial charge is 0.353 e. The molecule has 0 saturated carbocycles. The van der Waals surface area contributed by atoms with E-state index in [-0.39, 0.29) is 0 Å². The fraction of sp³-hybridized carbons (Fsp3) is 0.778. The molecule has 1 unspecified atom stereocenters. The third kappa shape index (κ3) is 3.06. The van der Waals surface area contributed by atoms with Crippen LogP contribution in [-0.4, -0.2) is 43.1 Å². The summed E-state index contributed by atoms with van der Waals surface area (Å²) < 4.78 is 1.09. The monoisotopic (exact) mass is 244 g/mol. The van der Waals surface area contributed by atoms with Crippen LogP contribution in [0.1, 0.15) is 6.42 Å². The number of hydrogen-bond donors (Lipinski definition) is 1. The van der Waals surface area contributed by atoms with Crippen LogP contribution >= 0.6 is 23.1 Å². The van der Waals surface area contributed by atoms with Crippen LogP contribution in [0.2, 0.25) is 0 Å². The maximum atomic E-state index is 4.17. The van der Waals surface area contributed by atoms with E-state index in [1.54, 1.807) is 11.3 Å². The summed E-state index contributed by atoms with van der Waals surface area (Å²) >= 11 is 3.50. The van der Waals surface area contributed by atoms with Crippen molar-refractivity contribution in [2.45, 2.75) is 10.8 Å². The molecular weight excluding hydrogens is 228 g/mol. The van der Waals surface area contributed by atoms with Gasteiger partial charge in [-0.05, 0) is 25.4 Å². The molecule has 2 heterocycles. The van der Waals surface area contributed by atoms with E-state index in [0.29, 0.717) is 0 Å². The van der Waals surface area contributed by atoms with E-state index in [1.807, 2.05) is 30.8 Å². The molecule has 84 valence electrons. The lowest BCUT2D eigenvalue weighted by Crippen LogP contribution is -2.10. The molecule has 6 heteroatoms. The first kappa shape index (κ1) is 11.2. The lowest BCUT2D eigenvalue weighted by Gasteiger charge is -2.05. The lowest BCUT2D eigenvalue weighted by molar-refractivity contribution is 0.662. The molecule has 1 N–H and O–H groups in total. The highest BCUT2D eigenvalue weighted by atomic mass is 32.2. The number of anilines is 1. The summed E-state index contributed by atoms with van der Waals surface area (Å²) in [6, 6.07) is 0. The van der Waals surface area contributed by atoms with Crippen molar-refractivity contribution in [2.24, 2.45) is 5.92 Å². The first-order valence-electron chi connectivity index (χ1n) is 5.10. The van der Waals surface area contributed by atoms with E-state index in [4.69, 9.17) is 0 Å². The number of aromatic nitrogens is 2. The fourth-order valence-electron chi connectivity index (χ4n) is 1.49. The number of nitrogens with one attached hydrogen (secondary N) is 1. The minimum atomic E-state index is 0.807. The van der Waals surface area contributed by atoms with Crippen molar-refractivity contribution >= 4 is 28.2 Å². The maximum Gasteiger partial charge on any atom is 0.208 e. The molecule has 0 radical (unpaired) electrons. The molecule has 0 spiro atoms. The minimum absolute atomic E-state index is 0.807. The molecule has 4 nitrogen and oxygen atoms in total. The zero-order chi connectivity index (χ0) is 10.7. The fourth-order valence-corrected chi connectivity index (χ4v) is 3.41. The van der Waals surface area contributed by atoms with Gasteiger partial charge in [0.1, 0.15) is 0 Å². The summed E-state index contributed by atoms with van der Waals surface area (Å²) in [4.78, 5) is 2.00. The maximum absolute atomic E-state index is 4.17. The standard InChI is InChI=1S/C9H16N4S2/c1-13(2)8-11-12-9(15-8)14-6-7-3-4-10-5-7/h7,10H,3-6H2,1-2H3. The Morgan fingerprint density at radius 3 is 3.00 bits per heavy atom. The van der Waals surface area contributed by atoms with E-state index in [9.17, 15) is 0 Å². The molecule has 0 bridgehead atoms. The predicted molar refractivity (Wildman–Crippen MR) is 65.9 cm³/mol. The lowest BCUT2D eigenvalue weighted by atomic mass is 10.2. The molecule has 0 amide bonds. The molecular formula is C9H16N4S2. The van der Waals surface area contributed by atoms with E-state index in [0.717, 1.165) is 27.7 Å². The van der Waals surface area contributed by atoms with Crippen LogP contribution in [-0.2, 0) is 0 Å².